The van der Waals surface area contributed by atoms with Gasteiger partial charge in [0.15, 0.2) is 0 Å². The third-order valence-corrected chi connectivity index (χ3v) is 27.9. The molecule has 0 N–H and O–H groups in total. The van der Waals surface area contributed by atoms with Gasteiger partial charge in [-0.1, -0.05) is 273 Å². The molecule has 0 unspecified atom stereocenters. The Bertz CT molecular complexity index is 7340. The van der Waals surface area contributed by atoms with E-state index in [-0.39, 0.29) is 0 Å². The van der Waals surface area contributed by atoms with E-state index in [0.717, 1.165) is 17.1 Å². The van der Waals surface area contributed by atoms with Crippen molar-refractivity contribution in [2.24, 2.45) is 0 Å². The minimum absolute atomic E-state index is 1.11. The maximum absolute atomic E-state index is 2.52. The SMILES string of the molecule is Cc1c(C)c2cc(/C=C/c3ccc(-c4ccc5c(c4)c(C)c(C)c4cc(N(c6ccc7c(c6)c(C)c(C)c6cc(-c8ccc(/C=C/c9ccc%10c(c9)c(C)c(C)c9ccccc9%10)cc8)ccc67)c6ccc7c(c6)c(C)c(C)c6cc(-c8ccc(/C=C/c9ccc%10c(c9)c(C)c(C)c9ccccc9%10)cc8)ccc67)ccc45)cc3)ccc2c2ccccc12. The van der Waals surface area contributed by atoms with E-state index in [1.165, 1.54) is 263 Å². The smallest absolute Gasteiger partial charge is 0.0468 e. The quantitative estimate of drug-likeness (QED) is 0.0870. The molecule has 0 saturated carbocycles. The number of hydrogen-bond donors (Lipinski definition) is 0. The van der Waals surface area contributed by atoms with Gasteiger partial charge in [0.05, 0.1) is 0 Å². The molecule has 0 aliphatic rings. The molecular weight excluding hydrogens is 1460 g/mol. The van der Waals surface area contributed by atoms with Gasteiger partial charge in [-0.2, -0.15) is 0 Å². The van der Waals surface area contributed by atoms with Crippen molar-refractivity contribution in [3.05, 3.63) is 410 Å². The Labute approximate surface area is 708 Å². The Morgan fingerprint density at radius 1 is 0.132 bits per heavy atom. The van der Waals surface area contributed by atoms with Gasteiger partial charge in [0, 0.05) is 17.1 Å². The first-order valence-electron chi connectivity index (χ1n) is 42.7. The van der Waals surface area contributed by atoms with Gasteiger partial charge >= 0.3 is 0 Å². The van der Waals surface area contributed by atoms with Crippen LogP contribution in [0.2, 0.25) is 0 Å². The lowest BCUT2D eigenvalue weighted by molar-refractivity contribution is 1.29. The summed E-state index contributed by atoms with van der Waals surface area (Å²) in [5.41, 5.74) is 33.5. The Morgan fingerprint density at radius 3 is 0.545 bits per heavy atom. The monoisotopic (exact) mass is 1550 g/mol. The van der Waals surface area contributed by atoms with Crippen LogP contribution in [-0.2, 0) is 0 Å². The molecule has 21 aromatic rings. The number of anilines is 3. The van der Waals surface area contributed by atoms with Gasteiger partial charge in [-0.05, 0) is 419 Å². The zero-order valence-electron chi connectivity index (χ0n) is 70.9. The lowest BCUT2D eigenvalue weighted by Gasteiger charge is -2.28. The number of fused-ring (bicyclic) bond motifs is 18. The van der Waals surface area contributed by atoms with Gasteiger partial charge < -0.3 is 4.90 Å². The zero-order valence-corrected chi connectivity index (χ0v) is 70.9. The van der Waals surface area contributed by atoms with Crippen molar-refractivity contribution in [1.82, 2.24) is 0 Å². The van der Waals surface area contributed by atoms with Crippen molar-refractivity contribution < 1.29 is 0 Å². The van der Waals surface area contributed by atoms with Crippen LogP contribution in [0.4, 0.5) is 17.1 Å². The molecule has 0 spiro atoms. The molecule has 0 heterocycles. The molecule has 0 fully saturated rings. The molecule has 121 heavy (non-hydrogen) atoms. The normalized spacial score (nSPS) is 12.2. The van der Waals surface area contributed by atoms with E-state index in [1.807, 2.05) is 0 Å². The minimum Gasteiger partial charge on any atom is -0.310 e. The van der Waals surface area contributed by atoms with Crippen molar-refractivity contribution in [3.8, 4) is 33.4 Å². The summed E-state index contributed by atoms with van der Waals surface area (Å²) in [6.45, 7) is 27.4. The predicted octanol–water partition coefficient (Wildman–Crippen LogP) is 34.2. The molecule has 0 amide bonds. The molecule has 0 bridgehead atoms. The van der Waals surface area contributed by atoms with Gasteiger partial charge in [0.1, 0.15) is 0 Å². The summed E-state index contributed by atoms with van der Waals surface area (Å²) >= 11 is 0. The van der Waals surface area contributed by atoms with Gasteiger partial charge in [0.25, 0.3) is 0 Å². The van der Waals surface area contributed by atoms with Crippen LogP contribution in [0.3, 0.4) is 0 Å². The highest BCUT2D eigenvalue weighted by Gasteiger charge is 2.23. The van der Waals surface area contributed by atoms with E-state index in [0.29, 0.717) is 0 Å². The third-order valence-electron chi connectivity index (χ3n) is 27.9. The molecule has 0 radical (unpaired) electrons. The Hall–Kier alpha value is -14.2. The highest BCUT2D eigenvalue weighted by molar-refractivity contribution is 6.18. The average Bonchev–Trinajstić information content (AvgIpc) is 0.597. The Balaban J connectivity index is 0.610. The van der Waals surface area contributed by atoms with Gasteiger partial charge in [-0.25, -0.2) is 0 Å². The summed E-state index contributed by atoms with van der Waals surface area (Å²) in [5, 5.41) is 30.9. The topological polar surface area (TPSA) is 3.24 Å². The van der Waals surface area contributed by atoms with Crippen LogP contribution in [0.5, 0.6) is 0 Å². The molecule has 21 aromatic carbocycles. The molecule has 1 nitrogen and oxygen atoms in total. The molecule has 0 saturated heterocycles. The van der Waals surface area contributed by atoms with Gasteiger partial charge in [0.2, 0.25) is 0 Å². The zero-order chi connectivity index (χ0) is 82.3. The van der Waals surface area contributed by atoms with Crippen molar-refractivity contribution in [3.63, 3.8) is 0 Å². The van der Waals surface area contributed by atoms with Crippen molar-refractivity contribution in [1.29, 1.82) is 0 Å². The van der Waals surface area contributed by atoms with Crippen molar-refractivity contribution >= 4 is 183 Å². The summed E-state index contributed by atoms with van der Waals surface area (Å²) in [7, 11) is 0. The number of hydrogen-bond acceptors (Lipinski definition) is 1. The maximum atomic E-state index is 2.52. The lowest BCUT2D eigenvalue weighted by atomic mass is 9.89. The summed E-state index contributed by atoms with van der Waals surface area (Å²) < 4.78 is 0. The van der Waals surface area contributed by atoms with E-state index >= 15 is 0 Å². The largest absolute Gasteiger partial charge is 0.310 e. The number of nitrogens with zero attached hydrogens (tertiary/aromatic N) is 1. The summed E-state index contributed by atoms with van der Waals surface area (Å²) in [5.74, 6) is 0. The average molecular weight is 1550 g/mol. The number of rotatable bonds is 12. The van der Waals surface area contributed by atoms with E-state index in [2.05, 4.69) is 434 Å². The number of benzene rings is 21. The second-order valence-electron chi connectivity index (χ2n) is 34.2. The van der Waals surface area contributed by atoms with E-state index in [1.54, 1.807) is 0 Å². The second-order valence-corrected chi connectivity index (χ2v) is 34.2. The summed E-state index contributed by atoms with van der Waals surface area (Å²) in [6, 6.07) is 117. The molecule has 1 heteroatoms. The van der Waals surface area contributed by atoms with Crippen LogP contribution in [0, 0.1) is 83.1 Å². The van der Waals surface area contributed by atoms with Crippen molar-refractivity contribution in [2.45, 2.75) is 83.1 Å². The van der Waals surface area contributed by atoms with E-state index in [9.17, 15) is 0 Å². The van der Waals surface area contributed by atoms with Crippen LogP contribution < -0.4 is 4.90 Å². The van der Waals surface area contributed by atoms with Crippen LogP contribution >= 0.6 is 0 Å². The Kier molecular flexibility index (Phi) is 18.0. The molecule has 21 rings (SSSR count). The third kappa shape index (κ3) is 12.6. The molecule has 0 aliphatic carbocycles. The fourth-order valence-corrected chi connectivity index (χ4v) is 20.0. The van der Waals surface area contributed by atoms with E-state index in [4.69, 9.17) is 0 Å². The highest BCUT2D eigenvalue weighted by Crippen LogP contribution is 2.47. The van der Waals surface area contributed by atoms with Crippen LogP contribution in [0.25, 0.3) is 199 Å². The summed E-state index contributed by atoms with van der Waals surface area (Å²) in [4.78, 5) is 2.52. The number of aryl methyl sites for hydroxylation is 12. The second kappa shape index (κ2) is 29.4. The van der Waals surface area contributed by atoms with E-state index < -0.39 is 0 Å². The highest BCUT2D eigenvalue weighted by atomic mass is 15.1. The summed E-state index contributed by atoms with van der Waals surface area (Å²) in [6.07, 6.45) is 13.5. The molecular formula is C120H93N. The first kappa shape index (κ1) is 74.3. The Morgan fingerprint density at radius 2 is 0.298 bits per heavy atom. The minimum atomic E-state index is 1.11. The fourth-order valence-electron chi connectivity index (χ4n) is 20.0. The first-order chi connectivity index (χ1) is 58.9. The maximum Gasteiger partial charge on any atom is 0.0468 e. The van der Waals surface area contributed by atoms with Crippen molar-refractivity contribution in [2.75, 3.05) is 4.90 Å². The standard InChI is InChI=1S/C120H93N/c1-70-73(4)112-61-85(37-52-103(112)100-22-16-13-19-97(70)100)28-25-82-31-40-88(41-32-82)91-46-55-106-109-58-49-94(67-118(109)79(10)76(7)115(106)64-91)121(95-50-59-110-107-56-47-92(65-116(107)77(8)80(11)119(110)68-95)89-42-33-83(34-43-89)26-29-86-38-53-104-101-23-17-14-20-98(101)71(2)74(5)113(104)62-86)96-51-60-111-108-57-48-93(66-117(108)78(9)81(12)120(111)69-96)90-44-35-84(36-45-90)27-30-87-39-54-105-102-24-18-15-21-99(102)72(3)75(6)114(105)63-87/h13-69H,1-12H3/b28-25+,29-26+,30-27+. The molecule has 0 aliphatic heterocycles. The fraction of sp³-hybridized carbons (Fsp3) is 0.100. The lowest BCUT2D eigenvalue weighted by Crippen LogP contribution is -2.10. The van der Waals surface area contributed by atoms with Crippen LogP contribution in [0.15, 0.2) is 309 Å². The van der Waals surface area contributed by atoms with Gasteiger partial charge in [-0.15, -0.1) is 0 Å². The van der Waals surface area contributed by atoms with Crippen LogP contribution in [-0.4, -0.2) is 0 Å². The van der Waals surface area contributed by atoms with Gasteiger partial charge in [-0.3, -0.25) is 0 Å². The molecule has 578 valence electrons. The van der Waals surface area contributed by atoms with Crippen LogP contribution in [0.1, 0.15) is 100 Å². The predicted molar refractivity (Wildman–Crippen MR) is 530 cm³/mol. The molecule has 0 atom stereocenters. The molecule has 0 aromatic heterocycles. The first-order valence-corrected chi connectivity index (χ1v) is 42.7.